The molecule has 0 aromatic heterocycles. The van der Waals surface area contributed by atoms with E-state index in [9.17, 15) is 51.9 Å². The summed E-state index contributed by atoms with van der Waals surface area (Å²) in [6, 6.07) is 0. The number of carboxylic acids is 1. The summed E-state index contributed by atoms with van der Waals surface area (Å²) < 4.78 is 141. The Bertz CT molecular complexity index is 1520. The molecule has 8 atom stereocenters. The summed E-state index contributed by atoms with van der Waals surface area (Å²) in [4.78, 5) is 9.00. The Morgan fingerprint density at radius 2 is 0.619 bits per heavy atom. The molecule has 0 spiro atoms. The van der Waals surface area contributed by atoms with E-state index in [2.05, 4.69) is 0 Å². The maximum Gasteiger partial charge on any atom is 2.00 e. The third-order valence-electron chi connectivity index (χ3n) is 13.9. The van der Waals surface area contributed by atoms with Crippen LogP contribution in [0.25, 0.3) is 0 Å². The average Bonchev–Trinajstić information content (AvgIpc) is 3.16. The van der Waals surface area contributed by atoms with Crippen LogP contribution in [0.1, 0.15) is 167 Å². The number of carbonyl (C=O) groups is 1. The summed E-state index contributed by atoms with van der Waals surface area (Å²) in [5.74, 6) is 0.192. The van der Waals surface area contributed by atoms with Gasteiger partial charge < -0.3 is 23.3 Å². The summed E-state index contributed by atoms with van der Waals surface area (Å²) in [5, 5.41) is 4.33. The molecule has 0 amide bonds. The Hall–Kier alpha value is 1.29. The molecular weight excluding hydrogens is 1120 g/mol. The van der Waals surface area contributed by atoms with Crippen molar-refractivity contribution in [1.29, 1.82) is 0 Å². The fourth-order valence-corrected chi connectivity index (χ4v) is 19.8. The smallest absolute Gasteiger partial charge is 0.748 e. The first-order valence-corrected chi connectivity index (χ1v) is 32.6. The van der Waals surface area contributed by atoms with Gasteiger partial charge in [-0.3, -0.25) is 4.79 Å². The monoisotopic (exact) mass is 1190 g/mol. The van der Waals surface area contributed by atoms with Crippen molar-refractivity contribution in [2.45, 2.75) is 188 Å². The maximum absolute atomic E-state index is 11.7. The predicted molar refractivity (Wildman–Crippen MR) is 240 cm³/mol. The van der Waals surface area contributed by atoms with E-state index < -0.39 is 67.4 Å². The Kier molecular flexibility index (Phi) is 30.5. The second-order valence-corrected chi connectivity index (χ2v) is 30.7. The second-order valence-electron chi connectivity index (χ2n) is 18.7. The molecule has 376 valence electrons. The molecule has 8 unspecified atom stereocenters. The molecule has 4 saturated carbocycles. The Morgan fingerprint density at radius 1 is 0.429 bits per heavy atom. The van der Waals surface area contributed by atoms with Crippen molar-refractivity contribution in [2.24, 2.45) is 23.7 Å². The quantitative estimate of drug-likeness (QED) is 0.0546. The van der Waals surface area contributed by atoms with E-state index in [1.807, 2.05) is 0 Å². The van der Waals surface area contributed by atoms with E-state index in [0.717, 1.165) is 153 Å². The third kappa shape index (κ3) is 26.2. The van der Waals surface area contributed by atoms with Crippen LogP contribution in [0.3, 0.4) is 0 Å². The fourth-order valence-electron chi connectivity index (χ4n) is 10.7. The number of hydrogen-bond acceptors (Lipinski definition) is 13. The number of carboxylic acid groups (broad SMARTS) is 1. The topological polar surface area (TPSA) is 266 Å². The van der Waals surface area contributed by atoms with Crippen LogP contribution >= 0.6 is 15.8 Å². The van der Waals surface area contributed by atoms with Crippen molar-refractivity contribution in [3.8, 4) is 0 Å². The molecule has 0 aromatic carbocycles. The van der Waals surface area contributed by atoms with E-state index in [-0.39, 0.29) is 80.4 Å². The molecule has 0 bridgehead atoms. The van der Waals surface area contributed by atoms with Crippen LogP contribution < -0.4 is 0 Å². The first kappa shape index (κ1) is 62.3. The van der Waals surface area contributed by atoms with Gasteiger partial charge in [-0.25, -0.2) is 33.7 Å². The van der Waals surface area contributed by atoms with E-state index >= 15 is 0 Å². The molecule has 22 heteroatoms. The minimum absolute atomic E-state index is 0. The Labute approximate surface area is 410 Å². The van der Waals surface area contributed by atoms with Gasteiger partial charge in [0.15, 0.2) is 0 Å². The fraction of sp³-hybridized carbons (Fsp3) is 0.976. The summed E-state index contributed by atoms with van der Waals surface area (Å²) in [5.41, 5.74) is 0. The van der Waals surface area contributed by atoms with E-state index in [0.29, 0.717) is 51.4 Å². The zero-order chi connectivity index (χ0) is 45.3. The normalized spacial score (nSPS) is 28.3. The molecule has 1 N–H and O–H groups in total. The van der Waals surface area contributed by atoms with E-state index in [1.165, 1.54) is 0 Å². The van der Waals surface area contributed by atoms with Crippen LogP contribution in [0.15, 0.2) is 0 Å². The van der Waals surface area contributed by atoms with Crippen LogP contribution in [-0.2, 0) is 86.1 Å². The molecule has 0 aliphatic heterocycles. The SMILES string of the molecule is CC(=O)O.O=S(=O)([O-])C1CCCC(CCCP(CCCC2CCCC(S(=O)(=O)[O-])C2)CCCP(CCCC2CCCC(S(=O)(=O)[O-])C2)CCCC2CCCC(S(=O)(=O)[O-])C2)C1.[Pd+2].[Pd+2]. The molecular formula is C41H74O14P2Pd2S4. The predicted octanol–water partition coefficient (Wildman–Crippen LogP) is 7.96. The standard InChI is InChI=1S/C39H74O12P2S4.C2H4O2.2Pd/c40-54(41,42)36-18-1-10-32(28-36)14-5-22-52(23-6-15-33-11-2-19-37(29-33)55(43,44)45)26-9-27-53(24-7-16-34-12-3-20-38(30-34)56(46,47)48)25-8-17-35-13-4-21-39(31-35)57(49,50)51;1-2(3)4;;/h32-39H,1-31H2,(H,40,41,42)(H,43,44,45)(H,46,47,48)(H,49,50,51);1H3,(H,3,4);;/q;;2*+2/p-4. The summed E-state index contributed by atoms with van der Waals surface area (Å²) in [7, 11) is -17.7. The minimum Gasteiger partial charge on any atom is -0.748 e. The molecule has 4 fully saturated rings. The number of rotatable bonds is 24. The maximum atomic E-state index is 11.7. The minimum atomic E-state index is -4.27. The molecule has 0 radical (unpaired) electrons. The molecule has 0 aromatic rings. The Balaban J connectivity index is 0.00000317. The van der Waals surface area contributed by atoms with Crippen molar-refractivity contribution in [3.05, 3.63) is 0 Å². The zero-order valence-corrected chi connectivity index (χ0v) is 45.1. The van der Waals surface area contributed by atoms with Crippen LogP contribution in [0.2, 0.25) is 0 Å². The third-order valence-corrected chi connectivity index (χ3v) is 24.5. The van der Waals surface area contributed by atoms with Gasteiger partial charge >= 0.3 is 40.8 Å². The molecule has 14 nitrogen and oxygen atoms in total. The van der Waals surface area contributed by atoms with E-state index in [4.69, 9.17) is 9.90 Å². The molecule has 0 heterocycles. The molecule has 4 rings (SSSR count). The number of aliphatic carboxylic acids is 1. The molecule has 4 aliphatic rings. The molecule has 63 heavy (non-hydrogen) atoms. The summed E-state index contributed by atoms with van der Waals surface area (Å²) >= 11 is 0. The van der Waals surface area contributed by atoms with Gasteiger partial charge in [0.25, 0.3) is 5.97 Å². The van der Waals surface area contributed by atoms with Gasteiger partial charge in [0.2, 0.25) is 0 Å². The van der Waals surface area contributed by atoms with Gasteiger partial charge in [-0.05, 0) is 144 Å². The Morgan fingerprint density at radius 3 is 0.810 bits per heavy atom. The van der Waals surface area contributed by atoms with Gasteiger partial charge in [-0.15, -0.1) is 15.8 Å². The van der Waals surface area contributed by atoms with Gasteiger partial charge in [0.1, 0.15) is 0 Å². The van der Waals surface area contributed by atoms with Crippen LogP contribution in [0.5, 0.6) is 0 Å². The van der Waals surface area contributed by atoms with Crippen LogP contribution in [-0.4, -0.2) is 121 Å². The van der Waals surface area contributed by atoms with Crippen molar-refractivity contribution < 1.29 is 103 Å². The van der Waals surface area contributed by atoms with Crippen LogP contribution in [0.4, 0.5) is 0 Å². The van der Waals surface area contributed by atoms with Gasteiger partial charge in [0, 0.05) is 27.9 Å². The molecule has 4 aliphatic carbocycles. The van der Waals surface area contributed by atoms with Gasteiger partial charge in [-0.1, -0.05) is 77.0 Å². The largest absolute Gasteiger partial charge is 2.00 e. The first-order chi connectivity index (χ1) is 28.5. The van der Waals surface area contributed by atoms with Crippen molar-refractivity contribution in [1.82, 2.24) is 0 Å². The van der Waals surface area contributed by atoms with Gasteiger partial charge in [0.05, 0.1) is 40.5 Å². The van der Waals surface area contributed by atoms with Crippen molar-refractivity contribution in [3.63, 3.8) is 0 Å². The zero-order valence-electron chi connectivity index (χ0n) is 37.0. The van der Waals surface area contributed by atoms with Crippen molar-refractivity contribution >= 4 is 62.3 Å². The van der Waals surface area contributed by atoms with Crippen molar-refractivity contribution in [2.75, 3.05) is 37.0 Å². The number of hydrogen-bond donors (Lipinski definition) is 1. The van der Waals surface area contributed by atoms with E-state index in [1.54, 1.807) is 0 Å². The van der Waals surface area contributed by atoms with Gasteiger partial charge in [-0.2, -0.15) is 0 Å². The average molecular weight is 1190 g/mol. The summed E-state index contributed by atoms with van der Waals surface area (Å²) in [6.07, 6.45) is 26.0. The second kappa shape index (κ2) is 30.8. The van der Waals surface area contributed by atoms with Crippen LogP contribution in [0, 0.1) is 23.7 Å². The first-order valence-electron chi connectivity index (χ1n) is 22.9. The molecule has 0 saturated heterocycles. The summed E-state index contributed by atoms with van der Waals surface area (Å²) in [6.45, 7) is 1.08.